The molecule has 0 radical (unpaired) electrons. The van der Waals surface area contributed by atoms with Gasteiger partial charge in [0.15, 0.2) is 0 Å². The van der Waals surface area contributed by atoms with Gasteiger partial charge in [0, 0.05) is 5.41 Å². The maximum absolute atomic E-state index is 15.9. The zero-order valence-corrected chi connectivity index (χ0v) is 56.4. The van der Waals surface area contributed by atoms with E-state index in [9.17, 15) is 8.42 Å². The van der Waals surface area contributed by atoms with E-state index in [2.05, 4.69) is 150 Å². The summed E-state index contributed by atoms with van der Waals surface area (Å²) in [6, 6.07) is 7.04. The van der Waals surface area contributed by atoms with Gasteiger partial charge >= 0.3 is 0 Å². The first-order valence-electron chi connectivity index (χ1n) is 33.3. The number of sulfonamides is 1. The maximum atomic E-state index is 15.9. The van der Waals surface area contributed by atoms with Crippen molar-refractivity contribution in [2.24, 2.45) is 54.1 Å². The highest BCUT2D eigenvalue weighted by Crippen LogP contribution is 2.68. The van der Waals surface area contributed by atoms with Crippen LogP contribution in [0.4, 0.5) is 0 Å². The molecule has 2 atom stereocenters. The number of unbranched alkanes of at least 4 members (excludes halogenated alkanes) is 2. The number of rotatable bonds is 44. The second-order valence-corrected chi connectivity index (χ2v) is 29.3. The Hall–Kier alpha value is -1.36. The van der Waals surface area contributed by atoms with Crippen LogP contribution in [0.15, 0.2) is 29.2 Å². The molecule has 0 bridgehead atoms. The van der Waals surface area contributed by atoms with Crippen molar-refractivity contribution in [1.29, 1.82) is 0 Å². The van der Waals surface area contributed by atoms with E-state index in [0.717, 1.165) is 44.1 Å². The molecule has 1 rings (SSSR count). The number of hydrogen-bond acceptors (Lipinski definition) is 3. The van der Waals surface area contributed by atoms with E-state index in [4.69, 9.17) is 0 Å². The van der Waals surface area contributed by atoms with Crippen LogP contribution >= 0.6 is 0 Å². The largest absolute Gasteiger partial charge is 0.273 e. The lowest BCUT2D eigenvalue weighted by atomic mass is 9.45. The molecule has 0 aromatic heterocycles. The summed E-state index contributed by atoms with van der Waals surface area (Å²) in [7, 11) is -4.13. The van der Waals surface area contributed by atoms with Crippen LogP contribution in [-0.2, 0) is 14.8 Å². The smallest absolute Gasteiger partial charge is 0.264 e. The minimum absolute atomic E-state index is 0.0178. The molecule has 1 aromatic rings. The van der Waals surface area contributed by atoms with Crippen LogP contribution in [0.1, 0.15) is 356 Å². The van der Waals surface area contributed by atoms with Crippen molar-refractivity contribution in [1.82, 2.24) is 4.72 Å². The van der Waals surface area contributed by atoms with E-state index >= 15 is 4.79 Å². The monoisotopic (exact) mass is 1080 g/mol. The Morgan fingerprint density at radius 1 is 0.355 bits per heavy atom. The molecule has 0 aliphatic heterocycles. The van der Waals surface area contributed by atoms with Crippen LogP contribution < -0.4 is 4.72 Å². The van der Waals surface area contributed by atoms with Gasteiger partial charge in [0.25, 0.3) is 10.0 Å². The third-order valence-electron chi connectivity index (χ3n) is 24.5. The normalized spacial score (nSPS) is 15.4. The van der Waals surface area contributed by atoms with Crippen molar-refractivity contribution in [3.63, 3.8) is 0 Å². The third-order valence-corrected chi connectivity index (χ3v) is 25.8. The lowest BCUT2D eigenvalue weighted by Crippen LogP contribution is -2.51. The van der Waals surface area contributed by atoms with E-state index < -0.39 is 15.4 Å². The molecular formula is C71H135NO3S. The molecule has 4 nitrogen and oxygen atoms in total. The summed E-state index contributed by atoms with van der Waals surface area (Å²) in [5, 5.41) is 0. The third kappa shape index (κ3) is 18.3. The van der Waals surface area contributed by atoms with Crippen LogP contribution in [0.2, 0.25) is 0 Å². The summed E-state index contributed by atoms with van der Waals surface area (Å²) >= 11 is 0. The number of hydrogen-bond donors (Lipinski definition) is 1. The Morgan fingerprint density at radius 2 is 0.605 bits per heavy atom. The Morgan fingerprint density at radius 3 is 0.868 bits per heavy atom. The van der Waals surface area contributed by atoms with E-state index in [0.29, 0.717) is 12.8 Å². The highest BCUT2D eigenvalue weighted by atomic mass is 32.2. The zero-order valence-electron chi connectivity index (χ0n) is 55.6. The highest BCUT2D eigenvalue weighted by molar-refractivity contribution is 7.90. The number of amides is 1. The summed E-state index contributed by atoms with van der Waals surface area (Å²) in [6.07, 6.45) is 36.6. The number of aryl methyl sites for hydroxylation is 1. The van der Waals surface area contributed by atoms with Gasteiger partial charge in [0.2, 0.25) is 5.91 Å². The molecular weight excluding hydrogens is 947 g/mol. The number of carbonyl (C=O) groups excluding carboxylic acids is 1. The van der Waals surface area contributed by atoms with E-state index in [1.165, 1.54) is 154 Å². The molecule has 76 heavy (non-hydrogen) atoms. The second-order valence-electron chi connectivity index (χ2n) is 27.6. The number of carbonyl (C=O) groups is 1. The summed E-state index contributed by atoms with van der Waals surface area (Å²) in [6.45, 7) is 53.8. The van der Waals surface area contributed by atoms with Gasteiger partial charge in [-0.25, -0.2) is 13.1 Å². The molecule has 5 heteroatoms. The van der Waals surface area contributed by atoms with E-state index in [1.807, 2.05) is 19.1 Å². The molecule has 448 valence electrons. The van der Waals surface area contributed by atoms with Gasteiger partial charge in [-0.15, -0.1) is 0 Å². The van der Waals surface area contributed by atoms with E-state index in [-0.39, 0.29) is 59.5 Å². The van der Waals surface area contributed by atoms with Gasteiger partial charge in [-0.3, -0.25) is 4.79 Å². The predicted molar refractivity (Wildman–Crippen MR) is 338 cm³/mol. The Balaban J connectivity index is 5.41. The molecule has 2 unspecified atom stereocenters. The molecule has 1 aromatic carbocycles. The van der Waals surface area contributed by atoms with Crippen LogP contribution in [-0.4, -0.2) is 14.3 Å². The molecule has 0 fully saturated rings. The minimum Gasteiger partial charge on any atom is -0.273 e. The Kier molecular flexibility index (Phi) is 30.3. The fourth-order valence-corrected chi connectivity index (χ4v) is 18.4. The molecule has 1 amide bonds. The predicted octanol–water partition coefficient (Wildman–Crippen LogP) is 23.6. The van der Waals surface area contributed by atoms with Crippen molar-refractivity contribution in [3.8, 4) is 0 Å². The summed E-state index contributed by atoms with van der Waals surface area (Å²) in [5.74, 6) is -0.313. The van der Waals surface area contributed by atoms with Crippen molar-refractivity contribution in [3.05, 3.63) is 29.8 Å². The molecule has 0 saturated heterocycles. The molecule has 1 N–H and O–H groups in total. The second kappa shape index (κ2) is 31.7. The molecule has 0 heterocycles. The van der Waals surface area contributed by atoms with Gasteiger partial charge in [0.05, 0.1) is 4.90 Å². The molecule has 0 aliphatic rings. The molecule has 0 aliphatic carbocycles. The fourth-order valence-electron chi connectivity index (χ4n) is 17.3. The quantitative estimate of drug-likeness (QED) is 0.0663. The first-order chi connectivity index (χ1) is 35.7. The zero-order chi connectivity index (χ0) is 58.4. The van der Waals surface area contributed by atoms with Crippen LogP contribution in [0.25, 0.3) is 0 Å². The SMILES string of the molecule is CCCCCC(CC(CC)(CC)CC)(CC(CC)(CC)CC)CC(CC(CC)(CC)CC)(CC(CC(CC)(CC)CC)(CC(CC)(CC)CC)CC(CC)(CC)CC)CC(C)(CC)C(=O)NS(=O)(=O)c1ccc(C)cc1. The van der Waals surface area contributed by atoms with Crippen LogP contribution in [0, 0.1) is 61.1 Å². The lowest BCUT2D eigenvalue weighted by Gasteiger charge is -2.60. The van der Waals surface area contributed by atoms with Gasteiger partial charge in [-0.2, -0.15) is 0 Å². The summed E-state index contributed by atoms with van der Waals surface area (Å²) in [5.41, 5.74) is 0.861. The van der Waals surface area contributed by atoms with Crippen molar-refractivity contribution >= 4 is 15.9 Å². The van der Waals surface area contributed by atoms with Crippen LogP contribution in [0.5, 0.6) is 0 Å². The lowest BCUT2D eigenvalue weighted by molar-refractivity contribution is -0.136. The Bertz CT molecular complexity index is 1730. The van der Waals surface area contributed by atoms with Gasteiger partial charge in [0.1, 0.15) is 0 Å². The van der Waals surface area contributed by atoms with E-state index in [1.54, 1.807) is 12.1 Å². The van der Waals surface area contributed by atoms with Crippen molar-refractivity contribution in [2.45, 2.75) is 363 Å². The number of benzene rings is 1. The number of nitrogens with one attached hydrogen (secondary N) is 1. The average Bonchev–Trinajstić information content (AvgIpc) is 3.43. The van der Waals surface area contributed by atoms with Gasteiger partial charge in [-0.1, -0.05) is 298 Å². The average molecular weight is 1080 g/mol. The first kappa shape index (κ1) is 72.7. The standard InChI is InChI=1S/C71H135NO3S/c1-23-43-44-49-69(51-63(25-3,26-4)27-5,52-64(28-6,29-7)30-8)57-70(53-65(31-9,32-10)33-11,50-62(22,24-2)61(73)72-76(74,75)60-47-45-59(21)46-48-60)58-71(54-66(34-12,35-13)36-14,55-67(37-15,38-16)39-17)56-68(40-18,41-19)42-20/h45-48H,23-44,49-58H2,1-22H3,(H,72,73). The summed E-state index contributed by atoms with van der Waals surface area (Å²) in [4.78, 5) is 16.1. The topological polar surface area (TPSA) is 63.2 Å². The maximum Gasteiger partial charge on any atom is 0.264 e. The molecule has 0 saturated carbocycles. The van der Waals surface area contributed by atoms with Gasteiger partial charge < -0.3 is 0 Å². The fraction of sp³-hybridized carbons (Fsp3) is 0.901. The highest BCUT2D eigenvalue weighted by Gasteiger charge is 2.57. The Labute approximate surface area is 478 Å². The van der Waals surface area contributed by atoms with Crippen LogP contribution in [0.3, 0.4) is 0 Å². The first-order valence-corrected chi connectivity index (χ1v) is 34.8. The van der Waals surface area contributed by atoms with Gasteiger partial charge in [-0.05, 0) is 138 Å². The minimum atomic E-state index is -4.13. The van der Waals surface area contributed by atoms with Crippen molar-refractivity contribution in [2.75, 3.05) is 0 Å². The summed E-state index contributed by atoms with van der Waals surface area (Å²) < 4.78 is 32.0. The van der Waals surface area contributed by atoms with Crippen molar-refractivity contribution < 1.29 is 13.2 Å². The molecule has 0 spiro atoms.